The van der Waals surface area contributed by atoms with Gasteiger partial charge in [0.25, 0.3) is 0 Å². The minimum Gasteiger partial charge on any atom is -0.393 e. The summed E-state index contributed by atoms with van der Waals surface area (Å²) in [5.41, 5.74) is 0.324. The van der Waals surface area contributed by atoms with Crippen molar-refractivity contribution in [2.45, 2.75) is 97.0 Å². The van der Waals surface area contributed by atoms with E-state index in [0.29, 0.717) is 30.5 Å². The molecule has 3 heteroatoms. The van der Waals surface area contributed by atoms with E-state index in [1.54, 1.807) is 6.92 Å². The van der Waals surface area contributed by atoms with Gasteiger partial charge in [0.05, 0.1) is 6.10 Å². The van der Waals surface area contributed by atoms with Gasteiger partial charge in [-0.15, -0.1) is 0 Å². The number of carbonyl (C=O) groups excluding carboxylic acids is 2. The number of ketones is 2. The van der Waals surface area contributed by atoms with Gasteiger partial charge in [0.2, 0.25) is 0 Å². The van der Waals surface area contributed by atoms with Crippen LogP contribution in [0.5, 0.6) is 0 Å². The average molecular weight is 296 g/mol. The summed E-state index contributed by atoms with van der Waals surface area (Å²) < 4.78 is 0. The van der Waals surface area contributed by atoms with E-state index >= 15 is 0 Å². The van der Waals surface area contributed by atoms with Crippen molar-refractivity contribution in [3.63, 3.8) is 0 Å². The Balaban J connectivity index is 2.13. The second-order valence-electron chi connectivity index (χ2n) is 6.97. The Morgan fingerprint density at radius 1 is 1.00 bits per heavy atom. The highest BCUT2D eigenvalue weighted by Gasteiger charge is 2.41. The normalized spacial score (nSPS) is 24.6. The lowest BCUT2D eigenvalue weighted by Gasteiger charge is -2.46. The minimum atomic E-state index is -0.107. The van der Waals surface area contributed by atoms with Gasteiger partial charge in [0.15, 0.2) is 0 Å². The van der Waals surface area contributed by atoms with Crippen LogP contribution in [0.1, 0.15) is 90.9 Å². The molecule has 1 saturated carbocycles. The molecule has 1 rings (SSSR count). The van der Waals surface area contributed by atoms with E-state index in [4.69, 9.17) is 0 Å². The fourth-order valence-corrected chi connectivity index (χ4v) is 3.51. The minimum absolute atomic E-state index is 0.107. The topological polar surface area (TPSA) is 54.4 Å². The maximum atomic E-state index is 11.8. The third-order valence-electron chi connectivity index (χ3n) is 4.80. The van der Waals surface area contributed by atoms with E-state index in [0.717, 1.165) is 38.5 Å². The van der Waals surface area contributed by atoms with Crippen LogP contribution < -0.4 is 0 Å². The standard InChI is InChI=1S/C18H32O3/c1-3-4-11-18(13-17(21)14-18)12-7-10-16(20)9-6-5-8-15(2)19/h17,21H,3-14H2,1-2H3. The van der Waals surface area contributed by atoms with Crippen LogP contribution in [-0.4, -0.2) is 22.8 Å². The van der Waals surface area contributed by atoms with Gasteiger partial charge in [-0.05, 0) is 57.3 Å². The lowest BCUT2D eigenvalue weighted by atomic mass is 9.61. The summed E-state index contributed by atoms with van der Waals surface area (Å²) in [6.07, 6.45) is 11.0. The maximum Gasteiger partial charge on any atom is 0.132 e. The van der Waals surface area contributed by atoms with E-state index in [-0.39, 0.29) is 11.9 Å². The van der Waals surface area contributed by atoms with Crippen molar-refractivity contribution in [3.05, 3.63) is 0 Å². The fourth-order valence-electron chi connectivity index (χ4n) is 3.51. The molecule has 0 aliphatic heterocycles. The molecule has 0 heterocycles. The van der Waals surface area contributed by atoms with E-state index in [2.05, 4.69) is 6.92 Å². The molecule has 0 spiro atoms. The smallest absolute Gasteiger partial charge is 0.132 e. The maximum absolute atomic E-state index is 11.8. The molecule has 0 atom stereocenters. The van der Waals surface area contributed by atoms with E-state index in [1.807, 2.05) is 0 Å². The van der Waals surface area contributed by atoms with E-state index in [9.17, 15) is 14.7 Å². The van der Waals surface area contributed by atoms with Crippen LogP contribution in [0.15, 0.2) is 0 Å². The van der Waals surface area contributed by atoms with Gasteiger partial charge >= 0.3 is 0 Å². The number of unbranched alkanes of at least 4 members (excludes halogenated alkanes) is 2. The number of hydrogen-bond acceptors (Lipinski definition) is 3. The molecule has 1 N–H and O–H groups in total. The van der Waals surface area contributed by atoms with Crippen molar-refractivity contribution in [2.24, 2.45) is 5.41 Å². The van der Waals surface area contributed by atoms with Crippen molar-refractivity contribution in [1.82, 2.24) is 0 Å². The van der Waals surface area contributed by atoms with Crippen LogP contribution in [0.4, 0.5) is 0 Å². The van der Waals surface area contributed by atoms with Crippen molar-refractivity contribution in [2.75, 3.05) is 0 Å². The molecule has 0 aromatic carbocycles. The molecule has 122 valence electrons. The SMILES string of the molecule is CCCCC1(CCCC(=O)CCCCC(C)=O)CC(O)C1. The predicted octanol–water partition coefficient (Wildman–Crippen LogP) is 4.21. The monoisotopic (exact) mass is 296 g/mol. The highest BCUT2D eigenvalue weighted by atomic mass is 16.3. The fraction of sp³-hybridized carbons (Fsp3) is 0.889. The summed E-state index contributed by atoms with van der Waals surface area (Å²) in [4.78, 5) is 22.6. The van der Waals surface area contributed by atoms with E-state index in [1.165, 1.54) is 19.3 Å². The van der Waals surface area contributed by atoms with Crippen molar-refractivity contribution < 1.29 is 14.7 Å². The Kier molecular flexibility index (Phi) is 8.16. The first-order valence-electron chi connectivity index (χ1n) is 8.66. The van der Waals surface area contributed by atoms with Crippen molar-refractivity contribution in [3.8, 4) is 0 Å². The number of Topliss-reactive ketones (excluding diaryl/α,β-unsaturated/α-hetero) is 2. The third kappa shape index (κ3) is 7.21. The third-order valence-corrected chi connectivity index (χ3v) is 4.80. The molecule has 21 heavy (non-hydrogen) atoms. The Morgan fingerprint density at radius 3 is 2.14 bits per heavy atom. The number of rotatable bonds is 12. The van der Waals surface area contributed by atoms with Gasteiger partial charge in [-0.3, -0.25) is 4.79 Å². The van der Waals surface area contributed by atoms with Crippen molar-refractivity contribution in [1.29, 1.82) is 0 Å². The number of carbonyl (C=O) groups is 2. The van der Waals surface area contributed by atoms with Crippen molar-refractivity contribution >= 4 is 11.6 Å². The number of hydrogen-bond donors (Lipinski definition) is 1. The van der Waals surface area contributed by atoms with Gasteiger partial charge in [0, 0.05) is 19.3 Å². The summed E-state index contributed by atoms with van der Waals surface area (Å²) in [6, 6.07) is 0. The lowest BCUT2D eigenvalue weighted by Crippen LogP contribution is -2.40. The molecule has 0 aromatic rings. The van der Waals surface area contributed by atoms with Crippen LogP contribution in [0.3, 0.4) is 0 Å². The molecule has 1 aliphatic carbocycles. The molecule has 0 bridgehead atoms. The first kappa shape index (κ1) is 18.3. The highest BCUT2D eigenvalue weighted by molar-refractivity contribution is 5.78. The Labute approximate surface area is 129 Å². The van der Waals surface area contributed by atoms with Gasteiger partial charge in [0.1, 0.15) is 11.6 Å². The van der Waals surface area contributed by atoms with Crippen LogP contribution in [0.2, 0.25) is 0 Å². The Hall–Kier alpha value is -0.700. The molecule has 0 unspecified atom stereocenters. The predicted molar refractivity (Wildman–Crippen MR) is 85.2 cm³/mol. The summed E-state index contributed by atoms with van der Waals surface area (Å²) in [7, 11) is 0. The molecule has 0 amide bonds. The molecular weight excluding hydrogens is 264 g/mol. The summed E-state index contributed by atoms with van der Waals surface area (Å²) >= 11 is 0. The average Bonchev–Trinajstić information content (AvgIpc) is 2.39. The molecule has 3 nitrogen and oxygen atoms in total. The molecule has 0 aromatic heterocycles. The molecular formula is C18H32O3. The summed E-state index contributed by atoms with van der Waals surface area (Å²) in [5.74, 6) is 0.549. The van der Waals surface area contributed by atoms with Gasteiger partial charge < -0.3 is 9.90 Å². The van der Waals surface area contributed by atoms with Crippen LogP contribution in [-0.2, 0) is 9.59 Å². The first-order chi connectivity index (χ1) is 9.97. The summed E-state index contributed by atoms with van der Waals surface area (Å²) in [6.45, 7) is 3.80. The Morgan fingerprint density at radius 2 is 1.57 bits per heavy atom. The number of aliphatic hydroxyl groups excluding tert-OH is 1. The second-order valence-corrected chi connectivity index (χ2v) is 6.97. The largest absolute Gasteiger partial charge is 0.393 e. The summed E-state index contributed by atoms with van der Waals surface area (Å²) in [5, 5.41) is 9.59. The van der Waals surface area contributed by atoms with Gasteiger partial charge in [-0.1, -0.05) is 19.8 Å². The molecule has 1 aliphatic rings. The van der Waals surface area contributed by atoms with Crippen LogP contribution in [0.25, 0.3) is 0 Å². The first-order valence-corrected chi connectivity index (χ1v) is 8.66. The van der Waals surface area contributed by atoms with Crippen LogP contribution >= 0.6 is 0 Å². The zero-order valence-electron chi connectivity index (χ0n) is 13.8. The van der Waals surface area contributed by atoms with Gasteiger partial charge in [-0.2, -0.15) is 0 Å². The van der Waals surface area contributed by atoms with E-state index < -0.39 is 0 Å². The molecule has 0 radical (unpaired) electrons. The zero-order chi connectivity index (χ0) is 15.7. The Bertz CT molecular complexity index is 329. The zero-order valence-corrected chi connectivity index (χ0v) is 13.8. The molecule has 1 fully saturated rings. The quantitative estimate of drug-likeness (QED) is 0.549. The molecule has 0 saturated heterocycles. The second kappa shape index (κ2) is 9.34. The van der Waals surface area contributed by atoms with Gasteiger partial charge in [-0.25, -0.2) is 0 Å². The number of aliphatic hydroxyl groups is 1. The van der Waals surface area contributed by atoms with Crippen LogP contribution in [0, 0.1) is 5.41 Å². The highest BCUT2D eigenvalue weighted by Crippen LogP contribution is 2.49. The lowest BCUT2D eigenvalue weighted by molar-refractivity contribution is -0.120.